The summed E-state index contributed by atoms with van der Waals surface area (Å²) in [5.74, 6) is 0.796. The van der Waals surface area contributed by atoms with Crippen molar-refractivity contribution in [1.82, 2.24) is 0 Å². The molecule has 0 radical (unpaired) electrons. The first-order valence-corrected chi connectivity index (χ1v) is 4.13. The summed E-state index contributed by atoms with van der Waals surface area (Å²) in [6.07, 6.45) is 2.62. The molecule has 62 valence electrons. The van der Waals surface area contributed by atoms with Crippen molar-refractivity contribution in [3.63, 3.8) is 0 Å². The van der Waals surface area contributed by atoms with Crippen molar-refractivity contribution in [2.24, 2.45) is 11.3 Å². The Morgan fingerprint density at radius 1 is 1.55 bits per heavy atom. The zero-order valence-electron chi connectivity index (χ0n) is 7.26. The third-order valence-electron chi connectivity index (χ3n) is 1.82. The van der Waals surface area contributed by atoms with Crippen LogP contribution in [0.2, 0.25) is 0 Å². The highest BCUT2D eigenvalue weighted by molar-refractivity contribution is 4.91. The van der Waals surface area contributed by atoms with E-state index in [0.29, 0.717) is 6.61 Å². The first-order chi connectivity index (χ1) is 5.14. The summed E-state index contributed by atoms with van der Waals surface area (Å²) in [4.78, 5) is 0. The molecule has 1 aliphatic carbocycles. The highest BCUT2D eigenvalue weighted by Gasteiger charge is 2.23. The number of nitrogens with zero attached hydrogens (tertiary/aromatic N) is 1. The lowest BCUT2D eigenvalue weighted by molar-refractivity contribution is 0.0789. The van der Waals surface area contributed by atoms with Crippen molar-refractivity contribution in [3.05, 3.63) is 0 Å². The van der Waals surface area contributed by atoms with E-state index >= 15 is 0 Å². The van der Waals surface area contributed by atoms with E-state index in [2.05, 4.69) is 6.07 Å². The van der Waals surface area contributed by atoms with Gasteiger partial charge in [0.1, 0.15) is 0 Å². The topological polar surface area (TPSA) is 33.0 Å². The van der Waals surface area contributed by atoms with Gasteiger partial charge in [-0.1, -0.05) is 0 Å². The van der Waals surface area contributed by atoms with Crippen molar-refractivity contribution in [2.45, 2.75) is 26.7 Å². The zero-order valence-corrected chi connectivity index (χ0v) is 7.26. The molecule has 1 aliphatic rings. The molecule has 0 bridgehead atoms. The van der Waals surface area contributed by atoms with E-state index in [-0.39, 0.29) is 5.41 Å². The SMILES string of the molecule is CC(C)(C#N)COCC1CC1. The van der Waals surface area contributed by atoms with Gasteiger partial charge in [-0.3, -0.25) is 0 Å². The largest absolute Gasteiger partial charge is 0.380 e. The van der Waals surface area contributed by atoms with Crippen LogP contribution in [0.1, 0.15) is 26.7 Å². The number of hydrogen-bond donors (Lipinski definition) is 0. The molecule has 0 aromatic carbocycles. The van der Waals surface area contributed by atoms with E-state index in [9.17, 15) is 0 Å². The standard InChI is InChI=1S/C9H15NO/c1-9(2,6-10)7-11-5-8-3-4-8/h8H,3-5,7H2,1-2H3. The molecule has 11 heavy (non-hydrogen) atoms. The van der Waals surface area contributed by atoms with Crippen LogP contribution in [0.25, 0.3) is 0 Å². The lowest BCUT2D eigenvalue weighted by Gasteiger charge is -2.14. The van der Waals surface area contributed by atoms with Crippen molar-refractivity contribution in [1.29, 1.82) is 5.26 Å². The number of ether oxygens (including phenoxy) is 1. The van der Waals surface area contributed by atoms with Crippen molar-refractivity contribution in [2.75, 3.05) is 13.2 Å². The molecule has 0 aromatic rings. The highest BCUT2D eigenvalue weighted by Crippen LogP contribution is 2.29. The summed E-state index contributed by atoms with van der Waals surface area (Å²) in [7, 11) is 0. The molecule has 2 heteroatoms. The second kappa shape index (κ2) is 3.23. The molecule has 0 N–H and O–H groups in total. The van der Waals surface area contributed by atoms with Crippen molar-refractivity contribution < 1.29 is 4.74 Å². The Balaban J connectivity index is 2.05. The van der Waals surface area contributed by atoms with Crippen LogP contribution in [0.3, 0.4) is 0 Å². The summed E-state index contributed by atoms with van der Waals surface area (Å²) in [6, 6.07) is 2.21. The van der Waals surface area contributed by atoms with Crippen molar-refractivity contribution in [3.8, 4) is 6.07 Å². The van der Waals surface area contributed by atoms with Crippen LogP contribution in [0.4, 0.5) is 0 Å². The van der Waals surface area contributed by atoms with Crippen LogP contribution >= 0.6 is 0 Å². The molecular weight excluding hydrogens is 138 g/mol. The number of nitriles is 1. The van der Waals surface area contributed by atoms with Gasteiger partial charge in [-0.25, -0.2) is 0 Å². The van der Waals surface area contributed by atoms with Gasteiger partial charge in [-0.05, 0) is 32.6 Å². The molecule has 0 atom stereocenters. The molecule has 0 aliphatic heterocycles. The number of hydrogen-bond acceptors (Lipinski definition) is 2. The zero-order chi connectivity index (χ0) is 8.32. The Bertz CT molecular complexity index is 165. The van der Waals surface area contributed by atoms with Crippen LogP contribution in [-0.4, -0.2) is 13.2 Å². The summed E-state index contributed by atoms with van der Waals surface area (Å²) in [5, 5.41) is 8.64. The lowest BCUT2D eigenvalue weighted by atomic mass is 9.98. The molecule has 0 amide bonds. The van der Waals surface area contributed by atoms with Crippen LogP contribution in [0.5, 0.6) is 0 Å². The van der Waals surface area contributed by atoms with E-state index < -0.39 is 0 Å². The fourth-order valence-electron chi connectivity index (χ4n) is 0.798. The summed E-state index contributed by atoms with van der Waals surface area (Å²) >= 11 is 0. The first-order valence-electron chi connectivity index (χ1n) is 4.13. The van der Waals surface area contributed by atoms with Gasteiger partial charge in [0.05, 0.1) is 18.1 Å². The average Bonchev–Trinajstić information content (AvgIpc) is 2.71. The monoisotopic (exact) mass is 153 g/mol. The van der Waals surface area contributed by atoms with Gasteiger partial charge in [0, 0.05) is 6.61 Å². The Hall–Kier alpha value is -0.550. The molecule has 2 nitrogen and oxygen atoms in total. The maximum atomic E-state index is 8.64. The molecular formula is C9H15NO. The Kier molecular flexibility index (Phi) is 2.51. The minimum atomic E-state index is -0.311. The molecule has 0 spiro atoms. The molecule has 1 rings (SSSR count). The van der Waals surface area contributed by atoms with E-state index in [1.165, 1.54) is 12.8 Å². The second-order valence-corrected chi connectivity index (χ2v) is 3.95. The van der Waals surface area contributed by atoms with E-state index in [1.807, 2.05) is 13.8 Å². The molecule has 1 saturated carbocycles. The molecule has 1 fully saturated rings. The molecule has 0 unspecified atom stereocenters. The third-order valence-corrected chi connectivity index (χ3v) is 1.82. The van der Waals surface area contributed by atoms with E-state index in [4.69, 9.17) is 10.00 Å². The second-order valence-electron chi connectivity index (χ2n) is 3.95. The van der Waals surface area contributed by atoms with E-state index in [1.54, 1.807) is 0 Å². The summed E-state index contributed by atoms with van der Waals surface area (Å²) < 4.78 is 5.39. The Morgan fingerprint density at radius 2 is 2.18 bits per heavy atom. The lowest BCUT2D eigenvalue weighted by Crippen LogP contribution is -2.17. The van der Waals surface area contributed by atoms with Gasteiger partial charge in [-0.15, -0.1) is 0 Å². The first kappa shape index (κ1) is 8.55. The average molecular weight is 153 g/mol. The fraction of sp³-hybridized carbons (Fsp3) is 0.889. The van der Waals surface area contributed by atoms with Gasteiger partial charge in [0.15, 0.2) is 0 Å². The maximum Gasteiger partial charge on any atom is 0.0750 e. The van der Waals surface area contributed by atoms with Gasteiger partial charge in [-0.2, -0.15) is 5.26 Å². The van der Waals surface area contributed by atoms with Gasteiger partial charge >= 0.3 is 0 Å². The van der Waals surface area contributed by atoms with E-state index in [0.717, 1.165) is 12.5 Å². The third kappa shape index (κ3) is 3.38. The van der Waals surface area contributed by atoms with Gasteiger partial charge in [0.2, 0.25) is 0 Å². The Labute approximate surface area is 68.2 Å². The maximum absolute atomic E-state index is 8.64. The Morgan fingerprint density at radius 3 is 2.64 bits per heavy atom. The van der Waals surface area contributed by atoms with Crippen LogP contribution in [-0.2, 0) is 4.74 Å². The minimum absolute atomic E-state index is 0.311. The molecule has 0 saturated heterocycles. The van der Waals surface area contributed by atoms with Gasteiger partial charge < -0.3 is 4.74 Å². The predicted molar refractivity (Wildman–Crippen MR) is 42.9 cm³/mol. The fourth-order valence-corrected chi connectivity index (χ4v) is 0.798. The minimum Gasteiger partial charge on any atom is -0.380 e. The summed E-state index contributed by atoms with van der Waals surface area (Å²) in [5.41, 5.74) is -0.311. The van der Waals surface area contributed by atoms with Crippen LogP contribution in [0.15, 0.2) is 0 Å². The summed E-state index contributed by atoms with van der Waals surface area (Å²) in [6.45, 7) is 5.23. The predicted octanol–water partition coefficient (Wildman–Crippen LogP) is 1.96. The molecule has 0 heterocycles. The van der Waals surface area contributed by atoms with Crippen LogP contribution in [0, 0.1) is 22.7 Å². The van der Waals surface area contributed by atoms with Crippen molar-refractivity contribution >= 4 is 0 Å². The van der Waals surface area contributed by atoms with Gasteiger partial charge in [0.25, 0.3) is 0 Å². The highest BCUT2D eigenvalue weighted by atomic mass is 16.5. The van der Waals surface area contributed by atoms with Crippen LogP contribution < -0.4 is 0 Å². The quantitative estimate of drug-likeness (QED) is 0.618. The smallest absolute Gasteiger partial charge is 0.0750 e. The molecule has 0 aromatic heterocycles. The number of rotatable bonds is 4. The normalized spacial score (nSPS) is 17.9.